The van der Waals surface area contributed by atoms with Gasteiger partial charge >= 0.3 is 240 Å². The molecule has 0 amide bonds. The zero-order valence-corrected chi connectivity index (χ0v) is 24.4. The van der Waals surface area contributed by atoms with E-state index in [-0.39, 0.29) is 0 Å². The van der Waals surface area contributed by atoms with Crippen molar-refractivity contribution in [3.05, 3.63) is 97.1 Å². The van der Waals surface area contributed by atoms with Gasteiger partial charge in [-0.1, -0.05) is 0 Å². The second-order valence-corrected chi connectivity index (χ2v) is 17.3. The Hall–Kier alpha value is -2.96. The Morgan fingerprint density at radius 3 is 0.585 bits per heavy atom. The van der Waals surface area contributed by atoms with Gasteiger partial charge in [0, 0.05) is 0 Å². The van der Waals surface area contributed by atoms with Crippen molar-refractivity contribution in [1.29, 1.82) is 0 Å². The molecule has 0 aromatic heterocycles. The van der Waals surface area contributed by atoms with Crippen molar-refractivity contribution >= 4 is 58.3 Å². The van der Waals surface area contributed by atoms with E-state index in [1.807, 2.05) is 0 Å². The summed E-state index contributed by atoms with van der Waals surface area (Å²) in [5.74, 6) is 0. The molecule has 0 saturated carbocycles. The molecule has 0 heterocycles. The Morgan fingerprint density at radius 1 is 0.317 bits per heavy atom. The molecule has 0 fully saturated rings. The third-order valence-electron chi connectivity index (χ3n) is 5.39. The van der Waals surface area contributed by atoms with Crippen LogP contribution in [0, 0.1) is 0 Å². The predicted molar refractivity (Wildman–Crippen MR) is 144 cm³/mol. The maximum atomic E-state index is 11.7. The number of rotatable bonds is 8. The van der Waals surface area contributed by atoms with Gasteiger partial charge in [-0.3, -0.25) is 0 Å². The summed E-state index contributed by atoms with van der Waals surface area (Å²) in [7, 11) is -18.4. The summed E-state index contributed by atoms with van der Waals surface area (Å²) >= 11 is -2.78. The molecule has 0 radical (unpaired) electrons. The number of hydrogen-bond donors (Lipinski definition) is 4. The van der Waals surface area contributed by atoms with E-state index in [4.69, 9.17) is 0 Å². The molecule has 0 aliphatic heterocycles. The molecule has 0 aliphatic carbocycles. The predicted octanol–water partition coefficient (Wildman–Crippen LogP) is 0.429. The van der Waals surface area contributed by atoms with Crippen LogP contribution in [0.15, 0.2) is 117 Å². The molecular weight excluding hydrogens is 672 g/mol. The molecule has 0 atom stereocenters. The monoisotopic (exact) mass is 691 g/mol. The molecule has 17 heteroatoms. The maximum absolute atomic E-state index is 11.7. The van der Waals surface area contributed by atoms with E-state index in [2.05, 4.69) is 0 Å². The first-order valence-electron chi connectivity index (χ1n) is 10.8. The van der Waals surface area contributed by atoms with Gasteiger partial charge in [0.25, 0.3) is 0 Å². The minimum absolute atomic E-state index is 0.359. The van der Waals surface area contributed by atoms with Crippen LogP contribution in [0.4, 0.5) is 0 Å². The zero-order chi connectivity index (χ0) is 30.4. The molecule has 4 aromatic rings. The van der Waals surface area contributed by atoms with Gasteiger partial charge in [0.1, 0.15) is 0 Å². The first-order chi connectivity index (χ1) is 18.8. The van der Waals surface area contributed by atoms with Gasteiger partial charge in [-0.05, 0) is 0 Å². The summed E-state index contributed by atoms with van der Waals surface area (Å²) in [4.78, 5) is -1.78. The normalized spacial score (nSPS) is 13.6. The van der Waals surface area contributed by atoms with E-state index < -0.39 is 72.9 Å². The van der Waals surface area contributed by atoms with Crippen LogP contribution in [0.25, 0.3) is 0 Å². The second-order valence-electron chi connectivity index (χ2n) is 7.99. The van der Waals surface area contributed by atoms with Crippen molar-refractivity contribution in [2.75, 3.05) is 0 Å². The van der Waals surface area contributed by atoms with Crippen LogP contribution in [0.5, 0.6) is 0 Å². The van der Waals surface area contributed by atoms with Crippen molar-refractivity contribution in [1.82, 2.24) is 0 Å². The van der Waals surface area contributed by atoms with E-state index in [1.54, 1.807) is 0 Å². The molecular formula is C24H20CuO12S4. The average Bonchev–Trinajstić information content (AvgIpc) is 2.88. The van der Waals surface area contributed by atoms with Gasteiger partial charge in [-0.25, -0.2) is 0 Å². The summed E-state index contributed by atoms with van der Waals surface area (Å²) in [5, 5.41) is 0. The summed E-state index contributed by atoms with van der Waals surface area (Å²) in [6, 6.07) is 19.8. The summed E-state index contributed by atoms with van der Waals surface area (Å²) < 4.78 is 133. The molecule has 0 aliphatic rings. The Morgan fingerprint density at radius 2 is 0.463 bits per heavy atom. The van der Waals surface area contributed by atoms with E-state index in [0.29, 0.717) is 17.8 Å². The minimum atomic E-state index is -4.60. The van der Waals surface area contributed by atoms with Crippen molar-refractivity contribution in [2.24, 2.45) is 0 Å². The first-order valence-corrected chi connectivity index (χ1v) is 18.4. The standard InChI is InChI=1S/4C6H5O3S.Cu/c4*7-10(8,9)6-4-2-1-3-5-6;/h4*2-5H,(H,7,8,9);. The van der Waals surface area contributed by atoms with Gasteiger partial charge in [-0.2, -0.15) is 0 Å². The van der Waals surface area contributed by atoms with Crippen molar-refractivity contribution in [2.45, 2.75) is 19.6 Å². The summed E-state index contributed by atoms with van der Waals surface area (Å²) in [6.07, 6.45) is 0. The Bertz CT molecular complexity index is 1730. The van der Waals surface area contributed by atoms with E-state index in [9.17, 15) is 51.9 Å². The molecule has 12 nitrogen and oxygen atoms in total. The molecule has 0 unspecified atom stereocenters. The van der Waals surface area contributed by atoms with Crippen LogP contribution < -0.4 is 17.8 Å². The van der Waals surface area contributed by atoms with E-state index >= 15 is 0 Å². The van der Waals surface area contributed by atoms with Gasteiger partial charge in [-0.15, -0.1) is 0 Å². The quantitative estimate of drug-likeness (QED) is 0.146. The van der Waals surface area contributed by atoms with E-state index in [0.717, 1.165) is 48.5 Å². The second kappa shape index (κ2) is 10.7. The van der Waals surface area contributed by atoms with Gasteiger partial charge in [0.05, 0.1) is 0 Å². The van der Waals surface area contributed by atoms with Gasteiger partial charge < -0.3 is 0 Å². The van der Waals surface area contributed by atoms with Crippen molar-refractivity contribution < 1.29 is 64.7 Å². The molecule has 4 rings (SSSR count). The van der Waals surface area contributed by atoms with Crippen LogP contribution in [0.1, 0.15) is 0 Å². The van der Waals surface area contributed by atoms with E-state index in [1.165, 1.54) is 48.5 Å². The van der Waals surface area contributed by atoms with Gasteiger partial charge in [0.2, 0.25) is 0 Å². The molecule has 4 aromatic carbocycles. The third-order valence-corrected chi connectivity index (χ3v) is 13.4. The van der Waals surface area contributed by atoms with Crippen molar-refractivity contribution in [3.63, 3.8) is 0 Å². The number of hydrogen-bond acceptors (Lipinski definition) is 8. The first kappa shape index (κ1) is 31.0. The summed E-state index contributed by atoms with van der Waals surface area (Å²) in [5.41, 5.74) is 0. The van der Waals surface area contributed by atoms with Crippen LogP contribution in [0.3, 0.4) is 0 Å². The fraction of sp³-hybridized carbons (Fsp3) is 0. The van der Waals surface area contributed by atoms with Crippen LogP contribution in [-0.4, -0.2) is 51.9 Å². The number of benzene rings is 4. The zero-order valence-electron chi connectivity index (χ0n) is 20.2. The molecule has 4 N–H and O–H groups in total. The Kier molecular flexibility index (Phi) is 8.09. The fourth-order valence-electron chi connectivity index (χ4n) is 3.58. The SMILES string of the molecule is O=S(=O)(O)c1cc[c]([Cu]([c]2ccc(S(=O)(=O)O)cc2)([c]2ccc(S(=O)(=O)O)cc2)[c]2ccc(S(=O)(=O)O)cc2)cc1. The summed E-state index contributed by atoms with van der Waals surface area (Å²) in [6.45, 7) is 0. The fourth-order valence-corrected chi connectivity index (χ4v) is 9.90. The Balaban J connectivity index is 2.15. The van der Waals surface area contributed by atoms with Gasteiger partial charge in [0.15, 0.2) is 0 Å². The third kappa shape index (κ3) is 6.29. The van der Waals surface area contributed by atoms with Crippen LogP contribution in [0.2, 0.25) is 0 Å². The molecule has 0 saturated heterocycles. The molecule has 41 heavy (non-hydrogen) atoms. The Labute approximate surface area is 238 Å². The molecule has 223 valence electrons. The average molecular weight is 692 g/mol. The molecule has 0 bridgehead atoms. The van der Waals surface area contributed by atoms with Crippen molar-refractivity contribution in [3.8, 4) is 0 Å². The van der Waals surface area contributed by atoms with Crippen LogP contribution >= 0.6 is 0 Å². The van der Waals surface area contributed by atoms with Crippen LogP contribution in [-0.2, 0) is 53.3 Å². The molecule has 0 spiro atoms. The topological polar surface area (TPSA) is 217 Å².